The van der Waals surface area contributed by atoms with Gasteiger partial charge in [0.15, 0.2) is 0 Å². The Morgan fingerprint density at radius 1 is 1.39 bits per heavy atom. The van der Waals surface area contributed by atoms with Gasteiger partial charge in [-0.1, -0.05) is 0 Å². The average Bonchev–Trinajstić information content (AvgIpc) is 2.87. The van der Waals surface area contributed by atoms with Gasteiger partial charge in [-0.15, -0.1) is 0 Å². The number of hydrogen-bond acceptors (Lipinski definition) is 3. The summed E-state index contributed by atoms with van der Waals surface area (Å²) in [5.74, 6) is -0.312. The number of hydrogen-bond donors (Lipinski definition) is 2. The lowest BCUT2D eigenvalue weighted by Gasteiger charge is -2.02. The maximum atomic E-state index is 10.9. The van der Waals surface area contributed by atoms with E-state index in [2.05, 4.69) is 9.97 Å². The van der Waals surface area contributed by atoms with Gasteiger partial charge in [0.25, 0.3) is 0 Å². The number of aliphatic carboxylic acids is 1. The van der Waals surface area contributed by atoms with Crippen molar-refractivity contribution in [1.82, 2.24) is 9.97 Å². The number of rotatable bonds is 4. The van der Waals surface area contributed by atoms with Crippen molar-refractivity contribution in [3.05, 3.63) is 36.3 Å². The van der Waals surface area contributed by atoms with Crippen molar-refractivity contribution in [2.45, 2.75) is 12.8 Å². The number of carbonyl (C=O) groups is 1. The zero-order valence-electron chi connectivity index (χ0n) is 10.2. The van der Waals surface area contributed by atoms with Gasteiger partial charge in [-0.3, -0.25) is 4.79 Å². The third-order valence-corrected chi connectivity index (χ3v) is 2.78. The zero-order valence-corrected chi connectivity index (χ0v) is 10.2. The molecule has 1 heterocycles. The first kappa shape index (κ1) is 12.2. The Kier molecular flexibility index (Phi) is 3.32. The number of aromatic amines is 1. The molecule has 0 radical (unpaired) electrons. The van der Waals surface area contributed by atoms with Crippen molar-refractivity contribution in [2.75, 3.05) is 7.11 Å². The highest BCUT2D eigenvalue weighted by Gasteiger charge is 2.17. The third kappa shape index (κ3) is 2.34. The summed E-state index contributed by atoms with van der Waals surface area (Å²) in [5.41, 5.74) is 1.73. The molecular formula is C13H14N2O3. The molecule has 0 amide bonds. The molecule has 1 atom stereocenters. The minimum absolute atomic E-state index is 0.452. The average molecular weight is 246 g/mol. The van der Waals surface area contributed by atoms with Crippen LogP contribution in [0.25, 0.3) is 11.3 Å². The quantitative estimate of drug-likeness (QED) is 0.867. The van der Waals surface area contributed by atoms with E-state index in [0.717, 1.165) is 17.0 Å². The van der Waals surface area contributed by atoms with Crippen LogP contribution < -0.4 is 4.74 Å². The largest absolute Gasteiger partial charge is 0.497 e. The second-order valence-corrected chi connectivity index (χ2v) is 3.97. The van der Waals surface area contributed by atoms with E-state index in [4.69, 9.17) is 9.84 Å². The molecule has 1 unspecified atom stereocenters. The van der Waals surface area contributed by atoms with E-state index in [-0.39, 0.29) is 0 Å². The molecule has 1 aromatic heterocycles. The van der Waals surface area contributed by atoms with Gasteiger partial charge in [-0.25, -0.2) is 4.98 Å². The molecule has 0 saturated heterocycles. The molecule has 2 aromatic rings. The number of carboxylic acid groups (broad SMARTS) is 1. The second kappa shape index (κ2) is 4.91. The number of aromatic nitrogens is 2. The predicted octanol–water partition coefficient (Wildman–Crippen LogP) is 2.27. The van der Waals surface area contributed by atoms with Crippen LogP contribution in [0, 0.1) is 0 Å². The summed E-state index contributed by atoms with van der Waals surface area (Å²) in [5, 5.41) is 8.91. The SMILES string of the molecule is COc1ccc(-c2cnc(C(C)C(=O)O)[nH]2)cc1. The van der Waals surface area contributed by atoms with Gasteiger partial charge in [0, 0.05) is 0 Å². The van der Waals surface area contributed by atoms with Gasteiger partial charge in [0.05, 0.1) is 19.0 Å². The van der Waals surface area contributed by atoms with Crippen molar-refractivity contribution in [1.29, 1.82) is 0 Å². The first-order valence-electron chi connectivity index (χ1n) is 5.54. The Labute approximate surface area is 104 Å². The van der Waals surface area contributed by atoms with Crippen LogP contribution >= 0.6 is 0 Å². The van der Waals surface area contributed by atoms with Crippen molar-refractivity contribution < 1.29 is 14.6 Å². The molecular weight excluding hydrogens is 232 g/mol. The molecule has 5 nitrogen and oxygen atoms in total. The van der Waals surface area contributed by atoms with Gasteiger partial charge >= 0.3 is 5.97 Å². The fraction of sp³-hybridized carbons (Fsp3) is 0.231. The molecule has 5 heteroatoms. The molecule has 0 aliphatic rings. The van der Waals surface area contributed by atoms with E-state index in [0.29, 0.717) is 5.82 Å². The minimum atomic E-state index is -0.898. The van der Waals surface area contributed by atoms with Gasteiger partial charge in [-0.05, 0) is 36.8 Å². The number of carboxylic acids is 1. The molecule has 94 valence electrons. The van der Waals surface area contributed by atoms with Crippen LogP contribution in [-0.2, 0) is 4.79 Å². The predicted molar refractivity (Wildman–Crippen MR) is 66.6 cm³/mol. The van der Waals surface area contributed by atoms with Crippen molar-refractivity contribution in [3.8, 4) is 17.0 Å². The Morgan fingerprint density at radius 2 is 2.06 bits per heavy atom. The molecule has 0 saturated carbocycles. The van der Waals surface area contributed by atoms with Gasteiger partial charge in [0.1, 0.15) is 17.5 Å². The van der Waals surface area contributed by atoms with E-state index in [1.54, 1.807) is 20.2 Å². The summed E-state index contributed by atoms with van der Waals surface area (Å²) in [6.07, 6.45) is 1.64. The Hall–Kier alpha value is -2.30. The molecule has 0 aliphatic carbocycles. The number of H-pyrrole nitrogens is 1. The molecule has 0 fully saturated rings. The molecule has 18 heavy (non-hydrogen) atoms. The van der Waals surface area contributed by atoms with Crippen LogP contribution in [0.15, 0.2) is 30.5 Å². The van der Waals surface area contributed by atoms with Crippen LogP contribution in [0.2, 0.25) is 0 Å². The van der Waals surface area contributed by atoms with Crippen molar-refractivity contribution >= 4 is 5.97 Å². The first-order valence-corrected chi connectivity index (χ1v) is 5.54. The lowest BCUT2D eigenvalue weighted by atomic mass is 10.1. The highest BCUT2D eigenvalue weighted by molar-refractivity contribution is 5.74. The van der Waals surface area contributed by atoms with Crippen LogP contribution in [0.4, 0.5) is 0 Å². The summed E-state index contributed by atoms with van der Waals surface area (Å²) in [4.78, 5) is 18.0. The van der Waals surface area contributed by atoms with E-state index >= 15 is 0 Å². The highest BCUT2D eigenvalue weighted by Crippen LogP contribution is 2.22. The third-order valence-electron chi connectivity index (χ3n) is 2.78. The fourth-order valence-electron chi connectivity index (χ4n) is 1.59. The van der Waals surface area contributed by atoms with Gasteiger partial charge in [0.2, 0.25) is 0 Å². The summed E-state index contributed by atoms with van der Waals surface area (Å²) in [6, 6.07) is 7.47. The number of imidazole rings is 1. The minimum Gasteiger partial charge on any atom is -0.497 e. The van der Waals surface area contributed by atoms with E-state index in [1.807, 2.05) is 24.3 Å². The topological polar surface area (TPSA) is 75.2 Å². The Morgan fingerprint density at radius 3 is 2.61 bits per heavy atom. The molecule has 0 spiro atoms. The van der Waals surface area contributed by atoms with Crippen LogP contribution in [0.5, 0.6) is 5.75 Å². The molecule has 0 bridgehead atoms. The summed E-state index contributed by atoms with van der Waals surface area (Å²) in [7, 11) is 1.61. The van der Waals surface area contributed by atoms with Crippen molar-refractivity contribution in [2.24, 2.45) is 0 Å². The molecule has 0 aliphatic heterocycles. The maximum Gasteiger partial charge on any atom is 0.313 e. The summed E-state index contributed by atoms with van der Waals surface area (Å²) in [6.45, 7) is 1.60. The zero-order chi connectivity index (χ0) is 13.1. The molecule has 2 rings (SSSR count). The van der Waals surface area contributed by atoms with Gasteiger partial charge in [-0.2, -0.15) is 0 Å². The van der Waals surface area contributed by atoms with E-state index < -0.39 is 11.9 Å². The number of benzene rings is 1. The van der Waals surface area contributed by atoms with E-state index in [9.17, 15) is 4.79 Å². The van der Waals surface area contributed by atoms with Crippen LogP contribution in [0.1, 0.15) is 18.7 Å². The van der Waals surface area contributed by atoms with Crippen LogP contribution in [0.3, 0.4) is 0 Å². The number of nitrogens with zero attached hydrogens (tertiary/aromatic N) is 1. The number of nitrogens with one attached hydrogen (secondary N) is 1. The standard InChI is InChI=1S/C13H14N2O3/c1-8(13(16)17)12-14-7-11(15-12)9-3-5-10(18-2)6-4-9/h3-8H,1-2H3,(H,14,15)(H,16,17). The smallest absolute Gasteiger partial charge is 0.313 e. The van der Waals surface area contributed by atoms with E-state index in [1.165, 1.54) is 0 Å². The Bertz CT molecular complexity index is 546. The number of methoxy groups -OCH3 is 1. The van der Waals surface area contributed by atoms with Crippen LogP contribution in [-0.4, -0.2) is 28.2 Å². The number of ether oxygens (including phenoxy) is 1. The maximum absolute atomic E-state index is 10.9. The lowest BCUT2D eigenvalue weighted by Crippen LogP contribution is -2.08. The molecule has 2 N–H and O–H groups in total. The summed E-state index contributed by atoms with van der Waals surface area (Å²) < 4.78 is 5.08. The second-order valence-electron chi connectivity index (χ2n) is 3.97. The van der Waals surface area contributed by atoms with Crippen molar-refractivity contribution in [3.63, 3.8) is 0 Å². The summed E-state index contributed by atoms with van der Waals surface area (Å²) >= 11 is 0. The van der Waals surface area contributed by atoms with Gasteiger partial charge < -0.3 is 14.8 Å². The molecule has 1 aromatic carbocycles. The lowest BCUT2D eigenvalue weighted by molar-refractivity contribution is -0.138. The Balaban J connectivity index is 2.26. The fourth-order valence-corrected chi connectivity index (χ4v) is 1.59. The highest BCUT2D eigenvalue weighted by atomic mass is 16.5. The first-order chi connectivity index (χ1) is 8.61. The monoisotopic (exact) mass is 246 g/mol. The normalized spacial score (nSPS) is 12.1.